The minimum absolute atomic E-state index is 0.0303. The van der Waals surface area contributed by atoms with E-state index in [1.165, 1.54) is 0 Å². The number of hydrogen-bond donors (Lipinski definition) is 1. The SMILES string of the molecule is CN(Cc1ccccc1)C(=O)c1cccc(-c2cnc(CN)cn2)c1. The summed E-state index contributed by atoms with van der Waals surface area (Å²) in [5.41, 5.74) is 9.58. The Balaban J connectivity index is 1.79. The minimum atomic E-state index is -0.0303. The van der Waals surface area contributed by atoms with E-state index in [0.717, 1.165) is 22.5 Å². The van der Waals surface area contributed by atoms with E-state index in [4.69, 9.17) is 5.73 Å². The van der Waals surface area contributed by atoms with E-state index >= 15 is 0 Å². The molecule has 0 radical (unpaired) electrons. The van der Waals surface area contributed by atoms with Gasteiger partial charge in [0.15, 0.2) is 0 Å². The molecule has 25 heavy (non-hydrogen) atoms. The van der Waals surface area contributed by atoms with Crippen LogP contribution in [0.3, 0.4) is 0 Å². The van der Waals surface area contributed by atoms with Gasteiger partial charge in [-0.3, -0.25) is 14.8 Å². The van der Waals surface area contributed by atoms with Gasteiger partial charge in [0.05, 0.1) is 23.8 Å². The summed E-state index contributed by atoms with van der Waals surface area (Å²) in [6.45, 7) is 0.922. The third-order valence-electron chi connectivity index (χ3n) is 3.93. The summed E-state index contributed by atoms with van der Waals surface area (Å²) >= 11 is 0. The molecule has 5 nitrogen and oxygen atoms in total. The van der Waals surface area contributed by atoms with Crippen LogP contribution in [-0.2, 0) is 13.1 Å². The van der Waals surface area contributed by atoms with Gasteiger partial charge in [0.2, 0.25) is 0 Å². The van der Waals surface area contributed by atoms with Crippen molar-refractivity contribution in [2.75, 3.05) is 7.05 Å². The molecule has 0 unspecified atom stereocenters. The Morgan fingerprint density at radius 2 is 1.84 bits per heavy atom. The molecule has 0 bridgehead atoms. The third kappa shape index (κ3) is 4.08. The molecular formula is C20H20N4O. The van der Waals surface area contributed by atoms with E-state index in [2.05, 4.69) is 9.97 Å². The summed E-state index contributed by atoms with van der Waals surface area (Å²) in [4.78, 5) is 23.0. The standard InChI is InChI=1S/C20H20N4O/c1-24(14-15-6-3-2-4-7-15)20(25)17-9-5-8-16(10-17)19-13-22-18(11-21)12-23-19/h2-10,12-13H,11,14,21H2,1H3. The molecule has 0 aliphatic carbocycles. The highest BCUT2D eigenvalue weighted by Crippen LogP contribution is 2.19. The Bertz CT molecular complexity index is 847. The molecule has 0 saturated carbocycles. The quantitative estimate of drug-likeness (QED) is 0.780. The van der Waals surface area contributed by atoms with Crippen LogP contribution in [0.15, 0.2) is 67.0 Å². The average Bonchev–Trinajstić information content (AvgIpc) is 2.68. The van der Waals surface area contributed by atoms with Crippen molar-refractivity contribution in [2.24, 2.45) is 5.73 Å². The van der Waals surface area contributed by atoms with Crippen LogP contribution in [0.5, 0.6) is 0 Å². The summed E-state index contributed by atoms with van der Waals surface area (Å²) in [6, 6.07) is 17.4. The lowest BCUT2D eigenvalue weighted by Gasteiger charge is -2.17. The molecule has 126 valence electrons. The van der Waals surface area contributed by atoms with Crippen LogP contribution < -0.4 is 5.73 Å². The van der Waals surface area contributed by atoms with Gasteiger partial charge in [0.1, 0.15) is 0 Å². The van der Waals surface area contributed by atoms with E-state index in [9.17, 15) is 4.79 Å². The fourth-order valence-electron chi connectivity index (χ4n) is 2.57. The lowest BCUT2D eigenvalue weighted by molar-refractivity contribution is 0.0785. The van der Waals surface area contributed by atoms with Crippen LogP contribution in [0, 0.1) is 0 Å². The Hall–Kier alpha value is -3.05. The molecule has 0 spiro atoms. The number of nitrogens with zero attached hydrogens (tertiary/aromatic N) is 3. The molecule has 2 aromatic carbocycles. The molecule has 1 amide bonds. The summed E-state index contributed by atoms with van der Waals surface area (Å²) in [6.07, 6.45) is 3.34. The highest BCUT2D eigenvalue weighted by Gasteiger charge is 2.13. The third-order valence-corrected chi connectivity index (χ3v) is 3.93. The van der Waals surface area contributed by atoms with Gasteiger partial charge in [-0.25, -0.2) is 0 Å². The highest BCUT2D eigenvalue weighted by molar-refractivity contribution is 5.95. The van der Waals surface area contributed by atoms with Crippen LogP contribution in [0.1, 0.15) is 21.6 Å². The van der Waals surface area contributed by atoms with Crippen molar-refractivity contribution >= 4 is 5.91 Å². The summed E-state index contributed by atoms with van der Waals surface area (Å²) in [5.74, 6) is -0.0303. The smallest absolute Gasteiger partial charge is 0.253 e. The van der Waals surface area contributed by atoms with Crippen molar-refractivity contribution in [2.45, 2.75) is 13.1 Å². The highest BCUT2D eigenvalue weighted by atomic mass is 16.2. The summed E-state index contributed by atoms with van der Waals surface area (Å²) in [7, 11) is 1.80. The molecule has 0 atom stereocenters. The molecule has 0 aliphatic heterocycles. The summed E-state index contributed by atoms with van der Waals surface area (Å²) in [5, 5.41) is 0. The number of benzene rings is 2. The van der Waals surface area contributed by atoms with Crippen molar-refractivity contribution in [1.82, 2.24) is 14.9 Å². The van der Waals surface area contributed by atoms with Crippen LogP contribution in [0.25, 0.3) is 11.3 Å². The number of hydrogen-bond acceptors (Lipinski definition) is 4. The minimum Gasteiger partial charge on any atom is -0.337 e. The number of carbonyl (C=O) groups is 1. The van der Waals surface area contributed by atoms with Crippen molar-refractivity contribution in [3.8, 4) is 11.3 Å². The molecule has 0 aliphatic rings. The molecule has 1 heterocycles. The lowest BCUT2D eigenvalue weighted by Crippen LogP contribution is -2.26. The molecule has 5 heteroatoms. The molecule has 0 fully saturated rings. The van der Waals surface area contributed by atoms with Gasteiger partial charge >= 0.3 is 0 Å². The van der Waals surface area contributed by atoms with E-state index in [0.29, 0.717) is 18.7 Å². The summed E-state index contributed by atoms with van der Waals surface area (Å²) < 4.78 is 0. The van der Waals surface area contributed by atoms with Crippen LogP contribution >= 0.6 is 0 Å². The predicted molar refractivity (Wildman–Crippen MR) is 97.6 cm³/mol. The molecule has 3 aromatic rings. The average molecular weight is 332 g/mol. The lowest BCUT2D eigenvalue weighted by atomic mass is 10.1. The molecule has 2 N–H and O–H groups in total. The van der Waals surface area contributed by atoms with E-state index < -0.39 is 0 Å². The van der Waals surface area contributed by atoms with Crippen molar-refractivity contribution in [3.05, 3.63) is 83.8 Å². The maximum absolute atomic E-state index is 12.7. The van der Waals surface area contributed by atoms with Gasteiger partial charge in [-0.2, -0.15) is 0 Å². The second-order valence-electron chi connectivity index (χ2n) is 5.82. The zero-order valence-electron chi connectivity index (χ0n) is 14.1. The van der Waals surface area contributed by atoms with E-state index in [-0.39, 0.29) is 5.91 Å². The largest absolute Gasteiger partial charge is 0.337 e. The maximum Gasteiger partial charge on any atom is 0.253 e. The van der Waals surface area contributed by atoms with Crippen LogP contribution in [0.4, 0.5) is 0 Å². The maximum atomic E-state index is 12.7. The number of amides is 1. The number of aromatic nitrogens is 2. The van der Waals surface area contributed by atoms with Crippen molar-refractivity contribution in [3.63, 3.8) is 0 Å². The van der Waals surface area contributed by atoms with Gasteiger partial charge in [-0.05, 0) is 17.7 Å². The number of rotatable bonds is 5. The van der Waals surface area contributed by atoms with Crippen molar-refractivity contribution < 1.29 is 4.79 Å². The first-order chi connectivity index (χ1) is 12.2. The van der Waals surface area contributed by atoms with E-state index in [1.807, 2.05) is 54.6 Å². The first kappa shape index (κ1) is 16.8. The predicted octanol–water partition coefficient (Wildman–Crippen LogP) is 2.87. The first-order valence-electron chi connectivity index (χ1n) is 8.08. The fourth-order valence-corrected chi connectivity index (χ4v) is 2.57. The van der Waals surface area contributed by atoms with Gasteiger partial charge in [0, 0.05) is 31.3 Å². The molecule has 0 saturated heterocycles. The van der Waals surface area contributed by atoms with Gasteiger partial charge in [-0.1, -0.05) is 42.5 Å². The Morgan fingerprint density at radius 1 is 1.04 bits per heavy atom. The second kappa shape index (κ2) is 7.68. The Morgan fingerprint density at radius 3 is 2.52 bits per heavy atom. The van der Waals surface area contributed by atoms with Gasteiger partial charge in [-0.15, -0.1) is 0 Å². The molecule has 1 aromatic heterocycles. The van der Waals surface area contributed by atoms with Gasteiger partial charge < -0.3 is 10.6 Å². The zero-order chi connectivity index (χ0) is 17.6. The van der Waals surface area contributed by atoms with Gasteiger partial charge in [0.25, 0.3) is 5.91 Å². The topological polar surface area (TPSA) is 72.1 Å². The second-order valence-corrected chi connectivity index (χ2v) is 5.82. The molecule has 3 rings (SSSR count). The Kier molecular flexibility index (Phi) is 5.16. The Labute approximate surface area is 147 Å². The number of nitrogens with two attached hydrogens (primary N) is 1. The van der Waals surface area contributed by atoms with E-state index in [1.54, 1.807) is 24.3 Å². The van der Waals surface area contributed by atoms with Crippen LogP contribution in [-0.4, -0.2) is 27.8 Å². The number of carbonyl (C=O) groups excluding carboxylic acids is 1. The first-order valence-corrected chi connectivity index (χ1v) is 8.08. The molecular weight excluding hydrogens is 312 g/mol. The van der Waals surface area contributed by atoms with Crippen molar-refractivity contribution in [1.29, 1.82) is 0 Å². The monoisotopic (exact) mass is 332 g/mol. The van der Waals surface area contributed by atoms with Crippen LogP contribution in [0.2, 0.25) is 0 Å². The zero-order valence-corrected chi connectivity index (χ0v) is 14.1. The fraction of sp³-hybridized carbons (Fsp3) is 0.150. The normalized spacial score (nSPS) is 10.5.